The van der Waals surface area contributed by atoms with Gasteiger partial charge in [-0.1, -0.05) is 32.4 Å². The van der Waals surface area contributed by atoms with E-state index >= 15 is 0 Å². The summed E-state index contributed by atoms with van der Waals surface area (Å²) in [5, 5.41) is 3.38. The highest BCUT2D eigenvalue weighted by Gasteiger charge is 2.27. The van der Waals surface area contributed by atoms with Gasteiger partial charge in [0.2, 0.25) is 0 Å². The number of anilines is 1. The van der Waals surface area contributed by atoms with Crippen molar-refractivity contribution in [1.29, 1.82) is 0 Å². The Morgan fingerprint density at radius 2 is 2.10 bits per heavy atom. The summed E-state index contributed by atoms with van der Waals surface area (Å²) < 4.78 is 0. The Balaban J connectivity index is 2.19. The molecule has 0 aromatic heterocycles. The van der Waals surface area contributed by atoms with E-state index in [0.29, 0.717) is 11.8 Å². The van der Waals surface area contributed by atoms with E-state index in [2.05, 4.69) is 32.2 Å². The summed E-state index contributed by atoms with van der Waals surface area (Å²) in [6.45, 7) is 11.4. The quantitative estimate of drug-likeness (QED) is 0.910. The second kappa shape index (κ2) is 6.97. The van der Waals surface area contributed by atoms with Crippen molar-refractivity contribution in [3.05, 3.63) is 29.3 Å². The monoisotopic (exact) mass is 288 g/mol. The van der Waals surface area contributed by atoms with Crippen LogP contribution in [0.25, 0.3) is 0 Å². The number of benzene rings is 1. The standard InChI is InChI=1S/C18H28N2O/c1-5-9-19-17-7-6-13(2)11-16(17)18(21)20-10-8-14(3)15(4)12-20/h6-7,11,14-15,19H,5,8-10,12H2,1-4H3. The summed E-state index contributed by atoms with van der Waals surface area (Å²) in [5.74, 6) is 1.47. The lowest BCUT2D eigenvalue weighted by Crippen LogP contribution is -2.42. The first-order chi connectivity index (χ1) is 10.0. The average molecular weight is 288 g/mol. The highest BCUT2D eigenvalue weighted by Crippen LogP contribution is 2.26. The molecular formula is C18H28N2O. The predicted octanol–water partition coefficient (Wildman–Crippen LogP) is 3.94. The smallest absolute Gasteiger partial charge is 0.255 e. The Bertz CT molecular complexity index is 498. The number of nitrogens with zero attached hydrogens (tertiary/aromatic N) is 1. The van der Waals surface area contributed by atoms with Crippen molar-refractivity contribution in [2.75, 3.05) is 25.0 Å². The van der Waals surface area contributed by atoms with Gasteiger partial charge in [-0.25, -0.2) is 0 Å². The molecule has 2 rings (SSSR count). The third-order valence-electron chi connectivity index (χ3n) is 4.59. The van der Waals surface area contributed by atoms with Crippen LogP contribution in [-0.2, 0) is 0 Å². The van der Waals surface area contributed by atoms with Crippen LogP contribution in [0.3, 0.4) is 0 Å². The summed E-state index contributed by atoms with van der Waals surface area (Å²) >= 11 is 0. The van der Waals surface area contributed by atoms with Crippen molar-refractivity contribution in [3.63, 3.8) is 0 Å². The lowest BCUT2D eigenvalue weighted by atomic mass is 9.88. The van der Waals surface area contributed by atoms with Crippen molar-refractivity contribution in [2.45, 2.75) is 40.5 Å². The average Bonchev–Trinajstić information content (AvgIpc) is 2.48. The molecule has 1 heterocycles. The first kappa shape index (κ1) is 15.9. The number of likely N-dealkylation sites (tertiary alicyclic amines) is 1. The van der Waals surface area contributed by atoms with Gasteiger partial charge in [0, 0.05) is 25.3 Å². The molecule has 1 fully saturated rings. The van der Waals surface area contributed by atoms with Gasteiger partial charge in [0.15, 0.2) is 0 Å². The number of aryl methyl sites for hydroxylation is 1. The molecule has 1 aliphatic heterocycles. The lowest BCUT2D eigenvalue weighted by molar-refractivity contribution is 0.0628. The van der Waals surface area contributed by atoms with E-state index in [4.69, 9.17) is 0 Å². The number of carbonyl (C=O) groups is 1. The van der Waals surface area contributed by atoms with Gasteiger partial charge in [0.05, 0.1) is 5.56 Å². The summed E-state index contributed by atoms with van der Waals surface area (Å²) in [4.78, 5) is 14.9. The minimum atomic E-state index is 0.177. The molecule has 1 amide bonds. The lowest BCUT2D eigenvalue weighted by Gasteiger charge is -2.35. The van der Waals surface area contributed by atoms with Crippen LogP contribution in [0.1, 0.15) is 49.5 Å². The summed E-state index contributed by atoms with van der Waals surface area (Å²) in [6, 6.07) is 6.12. The molecule has 0 aliphatic carbocycles. The number of carbonyl (C=O) groups excluding carboxylic acids is 1. The number of hydrogen-bond donors (Lipinski definition) is 1. The second-order valence-corrected chi connectivity index (χ2v) is 6.47. The van der Waals surface area contributed by atoms with E-state index in [1.165, 1.54) is 0 Å². The maximum Gasteiger partial charge on any atom is 0.255 e. The van der Waals surface area contributed by atoms with E-state index in [9.17, 15) is 4.79 Å². The zero-order chi connectivity index (χ0) is 15.4. The number of hydrogen-bond acceptors (Lipinski definition) is 2. The maximum absolute atomic E-state index is 12.9. The molecule has 1 saturated heterocycles. The minimum absolute atomic E-state index is 0.177. The number of amides is 1. The zero-order valence-electron chi connectivity index (χ0n) is 13.8. The van der Waals surface area contributed by atoms with Gasteiger partial charge in [0.25, 0.3) is 5.91 Å². The van der Waals surface area contributed by atoms with Crippen molar-refractivity contribution < 1.29 is 4.79 Å². The first-order valence-electron chi connectivity index (χ1n) is 8.16. The number of piperidine rings is 1. The van der Waals surface area contributed by atoms with Gasteiger partial charge in [-0.15, -0.1) is 0 Å². The van der Waals surface area contributed by atoms with Gasteiger partial charge in [-0.3, -0.25) is 4.79 Å². The van der Waals surface area contributed by atoms with Crippen molar-refractivity contribution in [1.82, 2.24) is 4.90 Å². The molecule has 3 nitrogen and oxygen atoms in total. The van der Waals surface area contributed by atoms with Crippen LogP contribution in [0.15, 0.2) is 18.2 Å². The van der Waals surface area contributed by atoms with Crippen molar-refractivity contribution in [3.8, 4) is 0 Å². The minimum Gasteiger partial charge on any atom is -0.384 e. The topological polar surface area (TPSA) is 32.3 Å². The summed E-state index contributed by atoms with van der Waals surface area (Å²) in [5.41, 5.74) is 2.93. The molecule has 2 unspecified atom stereocenters. The van der Waals surface area contributed by atoms with Gasteiger partial charge < -0.3 is 10.2 Å². The van der Waals surface area contributed by atoms with Crippen LogP contribution in [0, 0.1) is 18.8 Å². The van der Waals surface area contributed by atoms with E-state index in [1.807, 2.05) is 24.0 Å². The molecule has 0 spiro atoms. The number of nitrogens with one attached hydrogen (secondary N) is 1. The molecule has 1 aliphatic rings. The molecule has 116 valence electrons. The van der Waals surface area contributed by atoms with E-state index in [1.54, 1.807) is 0 Å². The fourth-order valence-electron chi connectivity index (χ4n) is 2.87. The van der Waals surface area contributed by atoms with E-state index in [0.717, 1.165) is 49.3 Å². The largest absolute Gasteiger partial charge is 0.384 e. The molecule has 21 heavy (non-hydrogen) atoms. The fourth-order valence-corrected chi connectivity index (χ4v) is 2.87. The molecule has 0 saturated carbocycles. The second-order valence-electron chi connectivity index (χ2n) is 6.47. The van der Waals surface area contributed by atoms with Gasteiger partial charge in [-0.2, -0.15) is 0 Å². The Hall–Kier alpha value is -1.51. The normalized spacial score (nSPS) is 22.2. The summed E-state index contributed by atoms with van der Waals surface area (Å²) in [6.07, 6.45) is 2.16. The molecule has 1 aromatic carbocycles. The molecular weight excluding hydrogens is 260 g/mol. The Kier molecular flexibility index (Phi) is 5.27. The van der Waals surface area contributed by atoms with Crippen LogP contribution in [0.2, 0.25) is 0 Å². The van der Waals surface area contributed by atoms with Crippen molar-refractivity contribution >= 4 is 11.6 Å². The van der Waals surface area contributed by atoms with Gasteiger partial charge in [0.1, 0.15) is 0 Å². The highest BCUT2D eigenvalue weighted by molar-refractivity contribution is 5.99. The molecule has 0 bridgehead atoms. The predicted molar refractivity (Wildman–Crippen MR) is 88.8 cm³/mol. The van der Waals surface area contributed by atoms with Crippen LogP contribution in [-0.4, -0.2) is 30.4 Å². The zero-order valence-corrected chi connectivity index (χ0v) is 13.8. The third kappa shape index (κ3) is 3.78. The van der Waals surface area contributed by atoms with Crippen LogP contribution in [0.5, 0.6) is 0 Å². The molecule has 3 heteroatoms. The SMILES string of the molecule is CCCNc1ccc(C)cc1C(=O)N1CCC(C)C(C)C1. The van der Waals surface area contributed by atoms with Gasteiger partial charge >= 0.3 is 0 Å². The van der Waals surface area contributed by atoms with Gasteiger partial charge in [-0.05, 0) is 43.7 Å². The molecule has 1 aromatic rings. The van der Waals surface area contributed by atoms with E-state index < -0.39 is 0 Å². The van der Waals surface area contributed by atoms with E-state index in [-0.39, 0.29) is 5.91 Å². The third-order valence-corrected chi connectivity index (χ3v) is 4.59. The molecule has 2 atom stereocenters. The van der Waals surface area contributed by atoms with Crippen molar-refractivity contribution in [2.24, 2.45) is 11.8 Å². The van der Waals surface area contributed by atoms with Crippen LogP contribution >= 0.6 is 0 Å². The van der Waals surface area contributed by atoms with Crippen LogP contribution < -0.4 is 5.32 Å². The number of rotatable bonds is 4. The Labute approximate surface area is 128 Å². The molecule has 0 radical (unpaired) electrons. The summed E-state index contributed by atoms with van der Waals surface area (Å²) in [7, 11) is 0. The first-order valence-corrected chi connectivity index (χ1v) is 8.16. The van der Waals surface area contributed by atoms with Crippen LogP contribution in [0.4, 0.5) is 5.69 Å². The maximum atomic E-state index is 12.9. The molecule has 1 N–H and O–H groups in total. The Morgan fingerprint density at radius 3 is 2.76 bits per heavy atom. The Morgan fingerprint density at radius 1 is 1.33 bits per heavy atom. The highest BCUT2D eigenvalue weighted by atomic mass is 16.2. The fraction of sp³-hybridized carbons (Fsp3) is 0.611.